The van der Waals surface area contributed by atoms with Crippen LogP contribution >= 0.6 is 0 Å². The third-order valence-corrected chi connectivity index (χ3v) is 27.1. The predicted molar refractivity (Wildman–Crippen MR) is 314 cm³/mol. The van der Waals surface area contributed by atoms with E-state index in [2.05, 4.69) is 97.9 Å². The molecule has 10 saturated heterocycles. The first-order valence-corrected chi connectivity index (χ1v) is 35.4. The summed E-state index contributed by atoms with van der Waals surface area (Å²) in [6, 6.07) is 0. The van der Waals surface area contributed by atoms with Crippen molar-refractivity contribution < 1.29 is 33.6 Å². The van der Waals surface area contributed by atoms with E-state index in [0.717, 1.165) is 71.0 Å². The van der Waals surface area contributed by atoms with Gasteiger partial charge in [0, 0.05) is 29.1 Å². The summed E-state index contributed by atoms with van der Waals surface area (Å²) in [4.78, 5) is 0. The van der Waals surface area contributed by atoms with Crippen LogP contribution in [0.3, 0.4) is 0 Å². The Morgan fingerprint density at radius 1 is 0.171 bits per heavy atom. The summed E-state index contributed by atoms with van der Waals surface area (Å²) in [7, 11) is 0. The summed E-state index contributed by atoms with van der Waals surface area (Å²) in [5.74, 6) is 11.5. The minimum atomic E-state index is 0. The maximum atomic E-state index is 4.25. The van der Waals surface area contributed by atoms with Gasteiger partial charge in [0.15, 0.2) is 0 Å². The van der Waals surface area contributed by atoms with Gasteiger partial charge in [0.2, 0.25) is 0 Å². The minimum absolute atomic E-state index is 0. The molecule has 0 amide bonds. The van der Waals surface area contributed by atoms with E-state index in [0.29, 0.717) is 122 Å². The van der Waals surface area contributed by atoms with Crippen LogP contribution in [0.25, 0.3) is 0 Å². The Kier molecular flexibility index (Phi) is 18.1. The van der Waals surface area contributed by atoms with Crippen LogP contribution in [0, 0.1) is 108 Å². The van der Waals surface area contributed by atoms with Gasteiger partial charge in [-0.15, -0.1) is 11.8 Å². The Morgan fingerprint density at radius 2 is 0.305 bits per heavy atom. The van der Waals surface area contributed by atoms with Crippen LogP contribution in [-0.4, -0.2) is 98.7 Å². The number of hydrogen-bond acceptors (Lipinski definition) is 16. The first-order valence-electron chi connectivity index (χ1n) is 35.4. The van der Waals surface area contributed by atoms with Crippen molar-refractivity contribution in [2.75, 3.05) is 0 Å². The average molecular weight is 1220 g/mol. The first kappa shape index (κ1) is 58.7. The molecule has 0 spiro atoms. The molecule has 18 fully saturated rings. The fourth-order valence-electron chi connectivity index (χ4n) is 23.5. The molecule has 464 valence electrons. The summed E-state index contributed by atoms with van der Waals surface area (Å²) < 4.78 is 0. The molecule has 18 heteroatoms. The molecular weight excluding hydrogens is 1110 g/mol. The third kappa shape index (κ3) is 10.8. The predicted octanol–water partition coefficient (Wildman–Crippen LogP) is 4.83. The standard InChI is InChI=1S/2C32H55N8.2Co/c2*1-2-10-18-17(9-1)25-33-26(18)38-28-21-13-5-6-14-22(21)30(35-28)40-32-24-16-8-7-15-23(24)31(36-32)39-29-20-12-4-3-11-19(20)27(34-29)37-25;;/h2*9,17-40H,1-8,10-16H2;;/q2*-1;;+2. The van der Waals surface area contributed by atoms with E-state index in [1.165, 1.54) is 193 Å². The van der Waals surface area contributed by atoms with Gasteiger partial charge >= 0.3 is 16.8 Å². The fraction of sp³-hybridized carbons (Fsp3) is 0.969. The van der Waals surface area contributed by atoms with Crippen LogP contribution in [0.15, 0.2) is 0 Å². The molecule has 16 bridgehead atoms. The molecule has 8 aliphatic carbocycles. The van der Waals surface area contributed by atoms with Crippen LogP contribution in [0.1, 0.15) is 193 Å². The van der Waals surface area contributed by atoms with Crippen molar-refractivity contribution in [3.05, 3.63) is 12.8 Å². The molecule has 16 nitrogen and oxygen atoms in total. The van der Waals surface area contributed by atoms with Gasteiger partial charge < -0.3 is 12.8 Å². The SMILES string of the molecule is [CH-]1CCCC2C3NC(NC4NC(NC5NC(NC6NC(N3)C3CCCCC63)C3CCCCC53)C3CCCCC43)C12.[CH-]1CCCC2C3NC(NC4NC(NC5NC(NC6NC(N3)C3CCCCC63)C3CCCCC53)C3CCCCC43)C12.[Co+2].[Co]. The Balaban J connectivity index is 0.000000137. The van der Waals surface area contributed by atoms with Gasteiger partial charge in [0.05, 0.1) is 86.3 Å². The second-order valence-electron chi connectivity index (χ2n) is 30.8. The quantitative estimate of drug-likeness (QED) is 0.148. The Bertz CT molecular complexity index is 1580. The van der Waals surface area contributed by atoms with Crippen LogP contribution in [-0.2, 0) is 33.6 Å². The monoisotopic (exact) mass is 1220 g/mol. The number of hydrogen-bond donors (Lipinski definition) is 16. The number of nitrogens with one attached hydrogen (secondary N) is 16. The van der Waals surface area contributed by atoms with E-state index >= 15 is 0 Å². The topological polar surface area (TPSA) is 192 Å². The Morgan fingerprint density at radius 3 is 0.476 bits per heavy atom. The normalized spacial score (nSPS) is 56.2. The van der Waals surface area contributed by atoms with Crippen molar-refractivity contribution >= 4 is 0 Å². The number of rotatable bonds is 0. The minimum Gasteiger partial charge on any atom is -0.322 e. The maximum Gasteiger partial charge on any atom is 2.00 e. The van der Waals surface area contributed by atoms with Crippen molar-refractivity contribution in [1.82, 2.24) is 85.1 Å². The van der Waals surface area contributed by atoms with Gasteiger partial charge in [-0.25, -0.2) is 0 Å². The van der Waals surface area contributed by atoms with E-state index in [1.54, 1.807) is 0 Å². The molecule has 0 aromatic carbocycles. The number of fused-ring (bicyclic) bond motifs is 40. The maximum absolute atomic E-state index is 4.25. The van der Waals surface area contributed by atoms with E-state index in [-0.39, 0.29) is 33.6 Å². The molecule has 2 radical (unpaired) electrons. The van der Waals surface area contributed by atoms with Crippen LogP contribution in [0.2, 0.25) is 0 Å². The summed E-state index contributed by atoms with van der Waals surface area (Å²) in [5, 5.41) is 67.3. The molecule has 32 unspecified atom stereocenters. The zero-order valence-electron chi connectivity index (χ0n) is 49.5. The zero-order valence-corrected chi connectivity index (χ0v) is 51.6. The van der Waals surface area contributed by atoms with E-state index in [1.807, 2.05) is 0 Å². The van der Waals surface area contributed by atoms with Gasteiger partial charge in [-0.2, -0.15) is 12.8 Å². The van der Waals surface area contributed by atoms with Crippen molar-refractivity contribution in [3.8, 4) is 0 Å². The summed E-state index contributed by atoms with van der Waals surface area (Å²) >= 11 is 0. The third-order valence-electron chi connectivity index (χ3n) is 27.1. The molecule has 0 aromatic rings. The van der Waals surface area contributed by atoms with E-state index in [9.17, 15) is 0 Å². The molecule has 0 aromatic heterocycles. The van der Waals surface area contributed by atoms with Crippen molar-refractivity contribution in [3.63, 3.8) is 0 Å². The van der Waals surface area contributed by atoms with Gasteiger partial charge in [-0.05, 0) is 160 Å². The second-order valence-corrected chi connectivity index (χ2v) is 30.8. The molecule has 16 N–H and O–H groups in total. The van der Waals surface area contributed by atoms with Gasteiger partial charge in [-0.3, -0.25) is 85.1 Å². The molecule has 18 aliphatic rings. The largest absolute Gasteiger partial charge is 2.00 e. The summed E-state index contributed by atoms with van der Waals surface area (Å²) in [6.45, 7) is 0. The Labute approximate surface area is 514 Å². The average Bonchev–Trinajstić information content (AvgIpc) is 4.53. The fourth-order valence-corrected chi connectivity index (χ4v) is 23.5. The molecule has 82 heavy (non-hydrogen) atoms. The molecule has 10 heterocycles. The van der Waals surface area contributed by atoms with Crippen LogP contribution < -0.4 is 85.1 Å². The smallest absolute Gasteiger partial charge is 0.322 e. The van der Waals surface area contributed by atoms with Gasteiger partial charge in [0.1, 0.15) is 0 Å². The van der Waals surface area contributed by atoms with Crippen molar-refractivity contribution in [1.29, 1.82) is 0 Å². The molecule has 32 atom stereocenters. The summed E-state index contributed by atoms with van der Waals surface area (Å²) in [5.41, 5.74) is 0. The summed E-state index contributed by atoms with van der Waals surface area (Å²) in [6.07, 6.45) is 52.9. The second kappa shape index (κ2) is 25.2. The van der Waals surface area contributed by atoms with Crippen molar-refractivity contribution in [2.45, 2.75) is 291 Å². The first-order chi connectivity index (χ1) is 39.6. The van der Waals surface area contributed by atoms with E-state index in [4.69, 9.17) is 0 Å². The molecule has 10 aliphatic heterocycles. The molecule has 8 saturated carbocycles. The molecular formula is C64H110Co2N16. The van der Waals surface area contributed by atoms with Crippen molar-refractivity contribution in [2.24, 2.45) is 94.7 Å². The van der Waals surface area contributed by atoms with Crippen LogP contribution in [0.5, 0.6) is 0 Å². The molecule has 18 rings (SSSR count). The van der Waals surface area contributed by atoms with Gasteiger partial charge in [0.25, 0.3) is 0 Å². The zero-order chi connectivity index (χ0) is 52.4. The van der Waals surface area contributed by atoms with E-state index < -0.39 is 0 Å². The Hall–Kier alpha value is 0.373. The van der Waals surface area contributed by atoms with Gasteiger partial charge in [-0.1, -0.05) is 103 Å². The van der Waals surface area contributed by atoms with Crippen LogP contribution in [0.4, 0.5) is 0 Å².